The first kappa shape index (κ1) is 16.6. The fraction of sp³-hybridized carbons (Fsp3) is 0.200. The van der Waals surface area contributed by atoms with Crippen LogP contribution in [-0.4, -0.2) is 14.7 Å². The van der Waals surface area contributed by atoms with Crippen LogP contribution in [-0.2, 0) is 6.54 Å². The van der Waals surface area contributed by atoms with E-state index >= 15 is 0 Å². The van der Waals surface area contributed by atoms with Crippen molar-refractivity contribution in [3.63, 3.8) is 0 Å². The number of aromatic hydroxyl groups is 1. The van der Waals surface area contributed by atoms with Gasteiger partial charge in [0.1, 0.15) is 23.2 Å². The normalized spacial score (nSPS) is 11.8. The monoisotopic (exact) mass is 358 g/mol. The van der Waals surface area contributed by atoms with E-state index in [1.807, 2.05) is 6.92 Å². The third kappa shape index (κ3) is 2.21. The zero-order chi connectivity index (χ0) is 18.7. The molecular weight excluding hydrogens is 341 g/mol. The fourth-order valence-corrected chi connectivity index (χ4v) is 3.66. The number of aromatic amines is 1. The Morgan fingerprint density at radius 2 is 1.65 bits per heavy atom. The number of H-pyrrole nitrogens is 1. The Labute approximate surface area is 147 Å². The lowest BCUT2D eigenvalue weighted by atomic mass is 10.0. The lowest BCUT2D eigenvalue weighted by molar-refractivity contribution is 0.479. The third-order valence-corrected chi connectivity index (χ3v) is 5.11. The average molecular weight is 358 g/mol. The van der Waals surface area contributed by atoms with Crippen LogP contribution in [0.1, 0.15) is 22.3 Å². The molecule has 2 aromatic heterocycles. The summed E-state index contributed by atoms with van der Waals surface area (Å²) in [6, 6.07) is 2.74. The number of nitrogens with one attached hydrogen (secondary N) is 1. The van der Waals surface area contributed by atoms with Gasteiger partial charge >= 0.3 is 0 Å². The molecule has 0 spiro atoms. The first-order valence-electron chi connectivity index (χ1n) is 8.21. The number of rotatable bonds is 2. The Kier molecular flexibility index (Phi) is 3.54. The van der Waals surface area contributed by atoms with E-state index < -0.39 is 17.5 Å². The molecule has 134 valence electrons. The van der Waals surface area contributed by atoms with Crippen LogP contribution in [0.3, 0.4) is 0 Å². The number of hydrogen-bond donors (Lipinski definition) is 2. The SMILES string of the molecule is Cc1cc(F)c2[nH]cc(F)c2c1Cn1cc(O)c2c(C)c(C)cc(F)c21. The number of aryl methyl sites for hydroxylation is 3. The Hall–Kier alpha value is -2.89. The van der Waals surface area contributed by atoms with Gasteiger partial charge in [0.15, 0.2) is 0 Å². The van der Waals surface area contributed by atoms with Crippen molar-refractivity contribution >= 4 is 21.8 Å². The molecule has 3 nitrogen and oxygen atoms in total. The Balaban J connectivity index is 1.99. The predicted octanol–water partition coefficient (Wildman–Crippen LogP) is 5.22. The molecule has 0 saturated carbocycles. The summed E-state index contributed by atoms with van der Waals surface area (Å²) in [5, 5.41) is 10.9. The lowest BCUT2D eigenvalue weighted by Gasteiger charge is -2.12. The predicted molar refractivity (Wildman–Crippen MR) is 95.1 cm³/mol. The molecule has 0 aliphatic rings. The summed E-state index contributed by atoms with van der Waals surface area (Å²) in [6.07, 6.45) is 2.54. The van der Waals surface area contributed by atoms with Crippen molar-refractivity contribution in [3.05, 3.63) is 64.2 Å². The molecule has 2 N–H and O–H groups in total. The van der Waals surface area contributed by atoms with Crippen LogP contribution in [0, 0.1) is 38.2 Å². The van der Waals surface area contributed by atoms with Crippen molar-refractivity contribution in [2.45, 2.75) is 27.3 Å². The summed E-state index contributed by atoms with van der Waals surface area (Å²) in [5.41, 5.74) is 2.94. The van der Waals surface area contributed by atoms with E-state index in [4.69, 9.17) is 0 Å². The van der Waals surface area contributed by atoms with Crippen molar-refractivity contribution in [2.24, 2.45) is 0 Å². The van der Waals surface area contributed by atoms with Gasteiger partial charge in [-0.1, -0.05) is 0 Å². The number of fused-ring (bicyclic) bond motifs is 2. The van der Waals surface area contributed by atoms with Gasteiger partial charge in [-0.3, -0.25) is 0 Å². The topological polar surface area (TPSA) is 41.0 Å². The standard InChI is InChI=1S/C20H17F3N2O/c1-9-4-14(22)20-17(11(9)3)16(26)8-25(20)7-12-10(2)5-13(21)19-18(12)15(23)6-24-19/h4-6,8,24,26H,7H2,1-3H3. The Morgan fingerprint density at radius 1 is 0.962 bits per heavy atom. The molecule has 2 aromatic carbocycles. The molecule has 6 heteroatoms. The third-order valence-electron chi connectivity index (χ3n) is 5.11. The second-order valence-electron chi connectivity index (χ2n) is 6.71. The average Bonchev–Trinajstić information content (AvgIpc) is 3.10. The lowest BCUT2D eigenvalue weighted by Crippen LogP contribution is -2.04. The van der Waals surface area contributed by atoms with Gasteiger partial charge < -0.3 is 14.7 Å². The molecular formula is C20H17F3N2O. The summed E-state index contributed by atoms with van der Waals surface area (Å²) in [4.78, 5) is 2.60. The van der Waals surface area contributed by atoms with Crippen molar-refractivity contribution in [2.75, 3.05) is 0 Å². The highest BCUT2D eigenvalue weighted by molar-refractivity contribution is 5.91. The highest BCUT2D eigenvalue weighted by Gasteiger charge is 2.20. The molecule has 4 rings (SSSR count). The molecule has 0 fully saturated rings. The van der Waals surface area contributed by atoms with Crippen LogP contribution < -0.4 is 0 Å². The van der Waals surface area contributed by atoms with Crippen LogP contribution in [0.2, 0.25) is 0 Å². The Bertz CT molecular complexity index is 1190. The van der Waals surface area contributed by atoms with Crippen LogP contribution in [0.4, 0.5) is 13.2 Å². The maximum Gasteiger partial charge on any atom is 0.148 e. The van der Waals surface area contributed by atoms with Gasteiger partial charge in [-0.05, 0) is 55.2 Å². The van der Waals surface area contributed by atoms with Gasteiger partial charge in [0.2, 0.25) is 0 Å². The van der Waals surface area contributed by atoms with Crippen molar-refractivity contribution < 1.29 is 18.3 Å². The van der Waals surface area contributed by atoms with Gasteiger partial charge in [-0.25, -0.2) is 13.2 Å². The highest BCUT2D eigenvalue weighted by atomic mass is 19.1. The number of hydrogen-bond acceptors (Lipinski definition) is 1. The molecule has 4 aromatic rings. The number of halogens is 3. The van der Waals surface area contributed by atoms with Gasteiger partial charge in [0, 0.05) is 29.7 Å². The smallest absolute Gasteiger partial charge is 0.148 e. The number of nitrogens with zero attached hydrogens (tertiary/aromatic N) is 1. The van der Waals surface area contributed by atoms with Crippen LogP contribution >= 0.6 is 0 Å². The molecule has 0 atom stereocenters. The number of aromatic nitrogens is 2. The summed E-state index contributed by atoms with van der Waals surface area (Å²) >= 11 is 0. The molecule has 0 aliphatic carbocycles. The van der Waals surface area contributed by atoms with Gasteiger partial charge in [0.05, 0.1) is 11.0 Å². The zero-order valence-electron chi connectivity index (χ0n) is 14.5. The van der Waals surface area contributed by atoms with Crippen LogP contribution in [0.5, 0.6) is 5.75 Å². The van der Waals surface area contributed by atoms with E-state index in [2.05, 4.69) is 4.98 Å². The van der Waals surface area contributed by atoms with Crippen LogP contribution in [0.25, 0.3) is 21.8 Å². The molecule has 0 amide bonds. The van der Waals surface area contributed by atoms with E-state index in [1.54, 1.807) is 18.4 Å². The van der Waals surface area contributed by atoms with E-state index in [0.29, 0.717) is 16.5 Å². The van der Waals surface area contributed by atoms with Gasteiger partial charge in [-0.2, -0.15) is 0 Å². The summed E-state index contributed by atoms with van der Waals surface area (Å²) in [5.74, 6) is -1.60. The molecule has 0 radical (unpaired) electrons. The van der Waals surface area contributed by atoms with E-state index in [0.717, 1.165) is 17.3 Å². The molecule has 0 saturated heterocycles. The molecule has 26 heavy (non-hydrogen) atoms. The quantitative estimate of drug-likeness (QED) is 0.507. The molecule has 0 bridgehead atoms. The maximum absolute atomic E-state index is 14.6. The maximum atomic E-state index is 14.6. The first-order valence-corrected chi connectivity index (χ1v) is 8.21. The minimum atomic E-state index is -0.564. The summed E-state index contributed by atoms with van der Waals surface area (Å²) < 4.78 is 44.5. The Morgan fingerprint density at radius 3 is 2.38 bits per heavy atom. The van der Waals surface area contributed by atoms with Gasteiger partial charge in [0.25, 0.3) is 0 Å². The van der Waals surface area contributed by atoms with Crippen molar-refractivity contribution in [1.82, 2.24) is 9.55 Å². The number of benzene rings is 2. The summed E-state index contributed by atoms with van der Waals surface area (Å²) in [7, 11) is 0. The summed E-state index contributed by atoms with van der Waals surface area (Å²) in [6.45, 7) is 5.38. The second kappa shape index (κ2) is 5.56. The largest absolute Gasteiger partial charge is 0.506 e. The minimum absolute atomic E-state index is 0.0364. The minimum Gasteiger partial charge on any atom is -0.506 e. The second-order valence-corrected chi connectivity index (χ2v) is 6.71. The van der Waals surface area contributed by atoms with Crippen LogP contribution in [0.15, 0.2) is 24.5 Å². The fourth-order valence-electron chi connectivity index (χ4n) is 3.66. The van der Waals surface area contributed by atoms with E-state index in [1.165, 1.54) is 18.3 Å². The zero-order valence-corrected chi connectivity index (χ0v) is 14.5. The first-order chi connectivity index (χ1) is 12.3. The molecule has 0 unspecified atom stereocenters. The molecule has 0 aliphatic heterocycles. The molecule has 2 heterocycles. The van der Waals surface area contributed by atoms with Gasteiger partial charge in [-0.15, -0.1) is 0 Å². The van der Waals surface area contributed by atoms with E-state index in [9.17, 15) is 18.3 Å². The van der Waals surface area contributed by atoms with E-state index in [-0.39, 0.29) is 28.7 Å². The van der Waals surface area contributed by atoms with Crippen molar-refractivity contribution in [3.8, 4) is 5.75 Å². The van der Waals surface area contributed by atoms with Crippen molar-refractivity contribution in [1.29, 1.82) is 0 Å². The highest BCUT2D eigenvalue weighted by Crippen LogP contribution is 2.35.